The molecule has 7 heteroatoms. The first-order valence-electron chi connectivity index (χ1n) is 9.12. The molecule has 1 aromatic heterocycles. The highest BCUT2D eigenvalue weighted by molar-refractivity contribution is 6.51. The summed E-state index contributed by atoms with van der Waals surface area (Å²) < 4.78 is 28.0. The second-order valence-electron chi connectivity index (χ2n) is 6.89. The van der Waals surface area contributed by atoms with Gasteiger partial charge in [0.1, 0.15) is 23.4 Å². The predicted molar refractivity (Wildman–Crippen MR) is 107 cm³/mol. The van der Waals surface area contributed by atoms with E-state index < -0.39 is 35.1 Å². The van der Waals surface area contributed by atoms with Crippen LogP contribution in [0.3, 0.4) is 0 Å². The number of carbonyl (C=O) groups is 2. The van der Waals surface area contributed by atoms with E-state index in [-0.39, 0.29) is 17.0 Å². The number of nitrogens with zero attached hydrogens (tertiary/aromatic N) is 2. The first-order chi connectivity index (χ1) is 14.4. The minimum atomic E-state index is -1.17. The largest absolute Gasteiger partial charge is 0.507 e. The van der Waals surface area contributed by atoms with Crippen molar-refractivity contribution in [2.75, 3.05) is 4.90 Å². The number of anilines is 1. The van der Waals surface area contributed by atoms with Crippen LogP contribution >= 0.6 is 0 Å². The third-order valence-electron chi connectivity index (χ3n) is 4.91. The minimum Gasteiger partial charge on any atom is -0.507 e. The molecular formula is C23H16F2N2O3. The zero-order valence-corrected chi connectivity index (χ0v) is 15.8. The molecule has 0 aliphatic carbocycles. The van der Waals surface area contributed by atoms with Crippen LogP contribution < -0.4 is 4.90 Å². The summed E-state index contributed by atoms with van der Waals surface area (Å²) in [5.74, 6) is -4.23. The maximum absolute atomic E-state index is 14.5. The molecule has 1 amide bonds. The molecule has 4 rings (SSSR count). The molecule has 1 aliphatic heterocycles. The number of hydrogen-bond acceptors (Lipinski definition) is 4. The predicted octanol–water partition coefficient (Wildman–Crippen LogP) is 4.29. The van der Waals surface area contributed by atoms with Crippen molar-refractivity contribution < 1.29 is 23.5 Å². The Balaban J connectivity index is 1.96. The molecule has 2 heterocycles. The number of benzene rings is 2. The lowest BCUT2D eigenvalue weighted by Gasteiger charge is -2.25. The smallest absolute Gasteiger partial charge is 0.300 e. The lowest BCUT2D eigenvalue weighted by molar-refractivity contribution is -0.132. The van der Waals surface area contributed by atoms with Crippen molar-refractivity contribution in [2.24, 2.45) is 0 Å². The van der Waals surface area contributed by atoms with Gasteiger partial charge >= 0.3 is 0 Å². The molecule has 0 saturated carbocycles. The molecule has 3 aromatic rings. The fraction of sp³-hybridized carbons (Fsp3) is 0.0870. The van der Waals surface area contributed by atoms with E-state index in [1.165, 1.54) is 6.20 Å². The molecule has 1 unspecified atom stereocenters. The normalized spacial score (nSPS) is 18.1. The molecule has 150 valence electrons. The summed E-state index contributed by atoms with van der Waals surface area (Å²) in [5, 5.41) is 10.9. The Morgan fingerprint density at radius 2 is 1.77 bits per heavy atom. The first-order valence-corrected chi connectivity index (χ1v) is 9.12. The van der Waals surface area contributed by atoms with Crippen molar-refractivity contribution in [1.82, 2.24) is 4.98 Å². The molecule has 30 heavy (non-hydrogen) atoms. The maximum atomic E-state index is 14.5. The Hall–Kier alpha value is -3.87. The van der Waals surface area contributed by atoms with E-state index in [1.54, 1.807) is 42.5 Å². The summed E-state index contributed by atoms with van der Waals surface area (Å²) in [5.41, 5.74) is 1.04. The third kappa shape index (κ3) is 3.24. The number of aliphatic hydroxyl groups is 1. The minimum absolute atomic E-state index is 0.216. The molecule has 5 nitrogen and oxygen atoms in total. The zero-order valence-electron chi connectivity index (χ0n) is 15.8. The van der Waals surface area contributed by atoms with E-state index in [4.69, 9.17) is 0 Å². The van der Waals surface area contributed by atoms with Gasteiger partial charge in [-0.3, -0.25) is 19.5 Å². The molecule has 0 bridgehead atoms. The van der Waals surface area contributed by atoms with Crippen molar-refractivity contribution in [3.8, 4) is 0 Å². The number of pyridine rings is 1. The fourth-order valence-electron chi connectivity index (χ4n) is 3.44. The van der Waals surface area contributed by atoms with E-state index in [0.717, 1.165) is 22.6 Å². The highest BCUT2D eigenvalue weighted by Gasteiger charge is 2.48. The van der Waals surface area contributed by atoms with Crippen LogP contribution in [0.2, 0.25) is 0 Å². The number of aliphatic hydroxyl groups excluding tert-OH is 1. The van der Waals surface area contributed by atoms with E-state index in [0.29, 0.717) is 11.6 Å². The molecule has 1 saturated heterocycles. The van der Waals surface area contributed by atoms with Gasteiger partial charge in [0.2, 0.25) is 0 Å². The van der Waals surface area contributed by atoms with Crippen LogP contribution in [-0.2, 0) is 9.59 Å². The zero-order chi connectivity index (χ0) is 21.4. The second kappa shape index (κ2) is 7.51. The highest BCUT2D eigenvalue weighted by Crippen LogP contribution is 2.42. The number of carbonyl (C=O) groups excluding carboxylic acids is 2. The van der Waals surface area contributed by atoms with Crippen LogP contribution in [0.4, 0.5) is 14.5 Å². The van der Waals surface area contributed by atoms with Crippen molar-refractivity contribution in [1.29, 1.82) is 0 Å². The van der Waals surface area contributed by atoms with E-state index in [9.17, 15) is 23.5 Å². The summed E-state index contributed by atoms with van der Waals surface area (Å²) in [6.07, 6.45) is 1.46. The van der Waals surface area contributed by atoms with Gasteiger partial charge in [0, 0.05) is 17.8 Å². The van der Waals surface area contributed by atoms with Gasteiger partial charge in [-0.1, -0.05) is 35.9 Å². The second-order valence-corrected chi connectivity index (χ2v) is 6.89. The summed E-state index contributed by atoms with van der Waals surface area (Å²) >= 11 is 0. The molecule has 2 aromatic carbocycles. The van der Waals surface area contributed by atoms with Gasteiger partial charge in [-0.15, -0.1) is 0 Å². The summed E-state index contributed by atoms with van der Waals surface area (Å²) in [4.78, 5) is 30.9. The Kier molecular flexibility index (Phi) is 4.87. The van der Waals surface area contributed by atoms with E-state index in [1.807, 2.05) is 6.92 Å². The fourth-order valence-corrected chi connectivity index (χ4v) is 3.44. The molecular weight excluding hydrogens is 390 g/mol. The molecule has 1 aliphatic rings. The van der Waals surface area contributed by atoms with Gasteiger partial charge in [-0.25, -0.2) is 8.78 Å². The van der Waals surface area contributed by atoms with Gasteiger partial charge in [0.05, 0.1) is 17.0 Å². The van der Waals surface area contributed by atoms with Gasteiger partial charge < -0.3 is 5.11 Å². The molecule has 1 atom stereocenters. The van der Waals surface area contributed by atoms with Crippen molar-refractivity contribution in [3.05, 3.63) is 101 Å². The molecule has 1 fully saturated rings. The summed E-state index contributed by atoms with van der Waals surface area (Å²) in [6.45, 7) is 1.87. The van der Waals surface area contributed by atoms with E-state index >= 15 is 0 Å². The van der Waals surface area contributed by atoms with Crippen LogP contribution in [0, 0.1) is 18.6 Å². The first kappa shape index (κ1) is 19.4. The Morgan fingerprint density at radius 3 is 2.40 bits per heavy atom. The van der Waals surface area contributed by atoms with Crippen LogP contribution in [0.15, 0.2) is 72.4 Å². The number of halogens is 2. The van der Waals surface area contributed by atoms with Gasteiger partial charge in [-0.05, 0) is 31.2 Å². The average molecular weight is 406 g/mol. The number of aromatic nitrogens is 1. The molecule has 1 N–H and O–H groups in total. The average Bonchev–Trinajstić information content (AvgIpc) is 3.00. The number of ketones is 1. The quantitative estimate of drug-likeness (QED) is 0.400. The topological polar surface area (TPSA) is 70.5 Å². The molecule has 0 spiro atoms. The van der Waals surface area contributed by atoms with E-state index in [2.05, 4.69) is 4.98 Å². The Labute approximate surface area is 170 Å². The number of aryl methyl sites for hydroxylation is 1. The van der Waals surface area contributed by atoms with Crippen LogP contribution in [0.5, 0.6) is 0 Å². The standard InChI is InChI=1S/C23H16F2N2O3/c1-13-5-7-14(8-6-13)21(28)19-20(17-4-2-3-11-26-17)27(23(30)22(19)29)18-10-9-15(24)12-16(18)25/h2-12,20,28H,1H3/b21-19+. The molecule has 0 radical (unpaired) electrons. The van der Waals surface area contributed by atoms with Crippen LogP contribution in [0.1, 0.15) is 22.9 Å². The number of rotatable bonds is 3. The van der Waals surface area contributed by atoms with Crippen molar-refractivity contribution in [3.63, 3.8) is 0 Å². The number of hydrogen-bond donors (Lipinski definition) is 1. The van der Waals surface area contributed by atoms with Gasteiger partial charge in [0.25, 0.3) is 11.7 Å². The van der Waals surface area contributed by atoms with Crippen LogP contribution in [0.25, 0.3) is 5.76 Å². The van der Waals surface area contributed by atoms with Crippen molar-refractivity contribution >= 4 is 23.1 Å². The highest BCUT2D eigenvalue weighted by atomic mass is 19.1. The summed E-state index contributed by atoms with van der Waals surface area (Å²) in [6, 6.07) is 13.1. The van der Waals surface area contributed by atoms with Crippen LogP contribution in [-0.4, -0.2) is 21.8 Å². The van der Waals surface area contributed by atoms with Gasteiger partial charge in [-0.2, -0.15) is 0 Å². The number of amides is 1. The lowest BCUT2D eigenvalue weighted by Crippen LogP contribution is -2.30. The van der Waals surface area contributed by atoms with Gasteiger partial charge in [0.15, 0.2) is 0 Å². The van der Waals surface area contributed by atoms with Crippen molar-refractivity contribution in [2.45, 2.75) is 13.0 Å². The lowest BCUT2D eigenvalue weighted by atomic mass is 9.97. The maximum Gasteiger partial charge on any atom is 0.300 e. The SMILES string of the molecule is Cc1ccc(/C(O)=C2\C(=O)C(=O)N(c3ccc(F)cc3F)C2c2ccccn2)cc1. The Bertz CT molecular complexity index is 1170. The summed E-state index contributed by atoms with van der Waals surface area (Å²) in [7, 11) is 0. The number of Topliss-reactive ketones (excluding diaryl/α,β-unsaturated/α-hetero) is 1. The monoisotopic (exact) mass is 406 g/mol. The Morgan fingerprint density at radius 1 is 1.03 bits per heavy atom. The third-order valence-corrected chi connectivity index (χ3v) is 4.91.